The zero-order valence-electron chi connectivity index (χ0n) is 16.1. The van der Waals surface area contributed by atoms with Gasteiger partial charge in [0.2, 0.25) is 0 Å². The second-order valence-corrected chi connectivity index (χ2v) is 9.20. The van der Waals surface area contributed by atoms with Crippen LogP contribution in [0.1, 0.15) is 30.5 Å². The molecule has 3 aliphatic rings. The quantitative estimate of drug-likeness (QED) is 0.789. The van der Waals surface area contributed by atoms with Gasteiger partial charge in [-0.05, 0) is 24.8 Å². The Morgan fingerprint density at radius 3 is 2.62 bits per heavy atom. The lowest BCUT2D eigenvalue weighted by Gasteiger charge is -2.32. The molecule has 1 saturated carbocycles. The number of carbonyl (C=O) groups excluding carboxylic acids is 1. The highest BCUT2D eigenvalue weighted by Gasteiger charge is 2.56. The second-order valence-electron chi connectivity index (χ2n) is 8.31. The number of thiazole rings is 1. The van der Waals surface area contributed by atoms with E-state index in [9.17, 15) is 4.79 Å². The molecule has 3 heterocycles. The molecule has 6 nitrogen and oxygen atoms in total. The topological polar surface area (TPSA) is 48.9 Å². The van der Waals surface area contributed by atoms with Crippen molar-refractivity contribution in [2.24, 2.45) is 17.8 Å². The van der Waals surface area contributed by atoms with Gasteiger partial charge in [0.05, 0.1) is 23.9 Å². The van der Waals surface area contributed by atoms with E-state index in [1.165, 1.54) is 10.7 Å². The molecular weight excluding hydrogens is 348 g/mol. The van der Waals surface area contributed by atoms with E-state index in [1.54, 1.807) is 11.3 Å². The largest absolute Gasteiger partial charge is 0.378 e. The van der Waals surface area contributed by atoms with Gasteiger partial charge in [0, 0.05) is 50.6 Å². The van der Waals surface area contributed by atoms with Gasteiger partial charge in [-0.2, -0.15) is 0 Å². The van der Waals surface area contributed by atoms with Gasteiger partial charge in [-0.3, -0.25) is 0 Å². The maximum absolute atomic E-state index is 12.6. The highest BCUT2D eigenvalue weighted by molar-refractivity contribution is 7.09. The molecule has 0 aromatic carbocycles. The number of urea groups is 1. The molecule has 26 heavy (non-hydrogen) atoms. The minimum atomic E-state index is 0.219. The third-order valence-corrected chi connectivity index (χ3v) is 7.14. The molecule has 1 unspecified atom stereocenters. The van der Waals surface area contributed by atoms with E-state index in [4.69, 9.17) is 9.72 Å². The lowest BCUT2D eigenvalue weighted by molar-refractivity contribution is 0.0438. The van der Waals surface area contributed by atoms with Crippen LogP contribution in [0.5, 0.6) is 0 Å². The van der Waals surface area contributed by atoms with Crippen LogP contribution in [0.3, 0.4) is 0 Å². The van der Waals surface area contributed by atoms with Gasteiger partial charge >= 0.3 is 6.03 Å². The van der Waals surface area contributed by atoms with E-state index >= 15 is 0 Å². The average Bonchev–Trinajstić information content (AvgIpc) is 3.02. The molecule has 3 atom stereocenters. The molecule has 0 radical (unpaired) electrons. The zero-order valence-corrected chi connectivity index (χ0v) is 16.9. The molecule has 7 heteroatoms. The fraction of sp³-hybridized carbons (Fsp3) is 0.789. The Morgan fingerprint density at radius 2 is 2.00 bits per heavy atom. The number of hydrogen-bond donors (Lipinski definition) is 0. The summed E-state index contributed by atoms with van der Waals surface area (Å²) in [5, 5.41) is 3.43. The van der Waals surface area contributed by atoms with E-state index in [0.717, 1.165) is 45.2 Å². The lowest BCUT2D eigenvalue weighted by Crippen LogP contribution is -2.48. The summed E-state index contributed by atoms with van der Waals surface area (Å²) >= 11 is 1.77. The van der Waals surface area contributed by atoms with Crippen molar-refractivity contribution in [2.75, 3.05) is 53.0 Å². The monoisotopic (exact) mass is 378 g/mol. The van der Waals surface area contributed by atoms with E-state index in [-0.39, 0.29) is 6.03 Å². The van der Waals surface area contributed by atoms with Crippen LogP contribution in [0, 0.1) is 17.8 Å². The predicted octanol–water partition coefficient (Wildman–Crippen LogP) is 2.33. The number of aromatic nitrogens is 1. The Morgan fingerprint density at radius 1 is 1.31 bits per heavy atom. The standard InChI is InChI=1S/C19H30N4O2S/c1-13(2)18-20-14(12-26-18)8-21(3)9-15-16-10-23(11-17(15)16)19(24)22-4-6-25-7-5-22/h12-13,15-17H,4-11H2,1-3H3/t15?,16-,17+. The molecule has 4 rings (SSSR count). The molecule has 1 aromatic heterocycles. The number of likely N-dealkylation sites (tertiary alicyclic amines) is 1. The van der Waals surface area contributed by atoms with Crippen molar-refractivity contribution in [1.29, 1.82) is 0 Å². The smallest absolute Gasteiger partial charge is 0.320 e. The van der Waals surface area contributed by atoms with Crippen molar-refractivity contribution in [3.05, 3.63) is 16.1 Å². The van der Waals surface area contributed by atoms with Crippen LogP contribution in [-0.4, -0.2) is 78.7 Å². The summed E-state index contributed by atoms with van der Waals surface area (Å²) in [5.41, 5.74) is 1.19. The van der Waals surface area contributed by atoms with Crippen LogP contribution in [0.15, 0.2) is 5.38 Å². The van der Waals surface area contributed by atoms with Gasteiger partial charge in [-0.1, -0.05) is 13.8 Å². The van der Waals surface area contributed by atoms with Gasteiger partial charge in [0.1, 0.15) is 0 Å². The Kier molecular flexibility index (Phi) is 5.21. The molecule has 2 saturated heterocycles. The van der Waals surface area contributed by atoms with Gasteiger partial charge in [-0.15, -0.1) is 11.3 Å². The van der Waals surface area contributed by atoms with E-state index < -0.39 is 0 Å². The van der Waals surface area contributed by atoms with Crippen molar-refractivity contribution in [3.8, 4) is 0 Å². The summed E-state index contributed by atoms with van der Waals surface area (Å²) in [6.07, 6.45) is 0. The molecule has 2 aliphatic heterocycles. The molecule has 0 N–H and O–H groups in total. The average molecular weight is 379 g/mol. The third-order valence-electron chi connectivity index (χ3n) is 5.94. The first-order valence-electron chi connectivity index (χ1n) is 9.77. The van der Waals surface area contributed by atoms with Crippen LogP contribution in [0.2, 0.25) is 0 Å². The number of morpholine rings is 1. The van der Waals surface area contributed by atoms with E-state index in [2.05, 4.69) is 36.1 Å². The molecule has 1 aromatic rings. The van der Waals surface area contributed by atoms with Crippen molar-refractivity contribution < 1.29 is 9.53 Å². The predicted molar refractivity (Wildman–Crippen MR) is 102 cm³/mol. The fourth-order valence-corrected chi connectivity index (χ4v) is 5.22. The first kappa shape index (κ1) is 18.2. The number of amides is 2. The Balaban J connectivity index is 1.22. The van der Waals surface area contributed by atoms with Gasteiger partial charge in [0.25, 0.3) is 0 Å². The summed E-state index contributed by atoms with van der Waals surface area (Å²) in [6.45, 7) is 11.1. The maximum Gasteiger partial charge on any atom is 0.320 e. The second kappa shape index (κ2) is 7.44. The highest BCUT2D eigenvalue weighted by Crippen LogP contribution is 2.52. The van der Waals surface area contributed by atoms with E-state index in [0.29, 0.717) is 31.0 Å². The Labute approximate surface area is 160 Å². The van der Waals surface area contributed by atoms with Crippen LogP contribution in [0.25, 0.3) is 0 Å². The number of carbonyl (C=O) groups is 1. The third kappa shape index (κ3) is 3.75. The van der Waals surface area contributed by atoms with Crippen molar-refractivity contribution in [2.45, 2.75) is 26.3 Å². The fourth-order valence-electron chi connectivity index (χ4n) is 4.39. The number of rotatable bonds is 5. The zero-order chi connectivity index (χ0) is 18.3. The molecule has 1 aliphatic carbocycles. The molecule has 3 fully saturated rings. The lowest BCUT2D eigenvalue weighted by atomic mass is 10.2. The number of fused-ring (bicyclic) bond motifs is 1. The number of piperidine rings is 1. The minimum Gasteiger partial charge on any atom is -0.378 e. The Bertz CT molecular complexity index is 631. The first-order valence-corrected chi connectivity index (χ1v) is 10.7. The van der Waals surface area contributed by atoms with Crippen LogP contribution in [-0.2, 0) is 11.3 Å². The summed E-state index contributed by atoms with van der Waals surface area (Å²) in [5.74, 6) is 2.65. The molecule has 144 valence electrons. The van der Waals surface area contributed by atoms with Crippen molar-refractivity contribution in [3.63, 3.8) is 0 Å². The maximum atomic E-state index is 12.6. The summed E-state index contributed by atoms with van der Waals surface area (Å²) in [4.78, 5) is 23.7. The van der Waals surface area contributed by atoms with Crippen LogP contribution < -0.4 is 0 Å². The molecule has 0 bridgehead atoms. The highest BCUT2D eigenvalue weighted by atomic mass is 32.1. The first-order chi connectivity index (χ1) is 12.5. The van der Waals surface area contributed by atoms with Crippen LogP contribution >= 0.6 is 11.3 Å². The van der Waals surface area contributed by atoms with Crippen molar-refractivity contribution >= 4 is 17.4 Å². The van der Waals surface area contributed by atoms with E-state index in [1.807, 2.05) is 4.90 Å². The summed E-state index contributed by atoms with van der Waals surface area (Å²) in [6, 6.07) is 0.219. The Hall–Kier alpha value is -1.18. The van der Waals surface area contributed by atoms with Crippen LogP contribution in [0.4, 0.5) is 4.79 Å². The van der Waals surface area contributed by atoms with Crippen molar-refractivity contribution in [1.82, 2.24) is 19.7 Å². The minimum absolute atomic E-state index is 0.219. The normalized spacial score (nSPS) is 28.1. The summed E-state index contributed by atoms with van der Waals surface area (Å²) < 4.78 is 5.34. The number of nitrogens with zero attached hydrogens (tertiary/aromatic N) is 4. The number of ether oxygens (including phenoxy) is 1. The molecule has 2 amide bonds. The molecule has 0 spiro atoms. The van der Waals surface area contributed by atoms with Gasteiger partial charge in [0.15, 0.2) is 0 Å². The number of hydrogen-bond acceptors (Lipinski definition) is 5. The van der Waals surface area contributed by atoms with Gasteiger partial charge < -0.3 is 19.4 Å². The molecular formula is C19H30N4O2S. The summed E-state index contributed by atoms with van der Waals surface area (Å²) in [7, 11) is 2.19. The SMILES string of the molecule is CC(C)c1nc(CN(C)CC2[C@H]3CN(C(=O)N4CCOCC4)C[C@@H]23)cs1. The van der Waals surface area contributed by atoms with Gasteiger partial charge in [-0.25, -0.2) is 9.78 Å².